The summed E-state index contributed by atoms with van der Waals surface area (Å²) in [5, 5.41) is 8.69. The van der Waals surface area contributed by atoms with Gasteiger partial charge in [0.25, 0.3) is 0 Å². The summed E-state index contributed by atoms with van der Waals surface area (Å²) in [5.74, 6) is -1.05. The average Bonchev–Trinajstić information content (AvgIpc) is 2.74. The molecule has 0 aliphatic rings. The predicted octanol–water partition coefficient (Wildman–Crippen LogP) is 4.54. The maximum Gasteiger partial charge on any atom is 0.365 e. The summed E-state index contributed by atoms with van der Waals surface area (Å²) in [7, 11) is 2.57. The van der Waals surface area contributed by atoms with Crippen molar-refractivity contribution < 1.29 is 19.1 Å². The van der Waals surface area contributed by atoms with E-state index in [1.807, 2.05) is 0 Å². The van der Waals surface area contributed by atoms with Crippen LogP contribution in [0.4, 0.5) is 11.4 Å². The topological polar surface area (TPSA) is 101 Å². The maximum absolute atomic E-state index is 10.9. The zero-order valence-corrected chi connectivity index (χ0v) is 18.5. The Balaban J connectivity index is 0.000000291. The van der Waals surface area contributed by atoms with E-state index in [1.165, 1.54) is 14.2 Å². The number of hydrazone groups is 2. The van der Waals surface area contributed by atoms with Gasteiger partial charge in [0, 0.05) is 10.0 Å². The number of nitrogens with one attached hydrogen (secondary N) is 2. The lowest BCUT2D eigenvalue weighted by Gasteiger charge is -2.00. The van der Waals surface area contributed by atoms with Crippen molar-refractivity contribution in [2.75, 3.05) is 25.1 Å². The molecule has 0 heterocycles. The third-order valence-electron chi connectivity index (χ3n) is 2.89. The number of hydrogen-bond acceptors (Lipinski definition) is 8. The SMILES string of the molecule is COC(=O)/C(Br)=N/Nc1ccc(Cl)cc1.COC(=O)/C=N/Nc1ccc(Cl)cc1. The van der Waals surface area contributed by atoms with Gasteiger partial charge in [0.15, 0.2) is 0 Å². The number of rotatable bonds is 6. The fourth-order valence-electron chi connectivity index (χ4n) is 1.50. The minimum absolute atomic E-state index is 0.0694. The quantitative estimate of drug-likeness (QED) is 0.341. The summed E-state index contributed by atoms with van der Waals surface area (Å²) in [4.78, 5) is 21.5. The van der Waals surface area contributed by atoms with Crippen LogP contribution in [0.2, 0.25) is 10.0 Å². The van der Waals surface area contributed by atoms with E-state index in [1.54, 1.807) is 48.5 Å². The number of hydrogen-bond donors (Lipinski definition) is 2. The summed E-state index contributed by atoms with van der Waals surface area (Å²) < 4.78 is 8.87. The number of methoxy groups -OCH3 is 2. The monoisotopic (exact) mass is 502 g/mol. The average molecular weight is 504 g/mol. The lowest BCUT2D eigenvalue weighted by Crippen LogP contribution is -2.10. The summed E-state index contributed by atoms with van der Waals surface area (Å²) in [6.45, 7) is 0. The van der Waals surface area contributed by atoms with E-state index in [-0.39, 0.29) is 4.62 Å². The molecule has 2 aromatic rings. The Labute approximate surface area is 186 Å². The van der Waals surface area contributed by atoms with Crippen molar-refractivity contribution in [2.45, 2.75) is 0 Å². The fraction of sp³-hybridized carbons (Fsp3) is 0.111. The molecule has 2 N–H and O–H groups in total. The van der Waals surface area contributed by atoms with Crippen LogP contribution < -0.4 is 10.9 Å². The van der Waals surface area contributed by atoms with E-state index >= 15 is 0 Å². The molecular formula is C18H17BrCl2N4O4. The molecule has 0 radical (unpaired) electrons. The highest BCUT2D eigenvalue weighted by Gasteiger charge is 2.06. The van der Waals surface area contributed by atoms with E-state index in [4.69, 9.17) is 23.2 Å². The second-order valence-electron chi connectivity index (χ2n) is 4.91. The molecule has 29 heavy (non-hydrogen) atoms. The number of benzene rings is 2. The fourth-order valence-corrected chi connectivity index (χ4v) is 2.01. The second-order valence-corrected chi connectivity index (χ2v) is 6.54. The molecule has 8 nitrogen and oxygen atoms in total. The number of halogens is 3. The van der Waals surface area contributed by atoms with Crippen molar-refractivity contribution in [1.29, 1.82) is 0 Å². The van der Waals surface area contributed by atoms with Crippen molar-refractivity contribution in [3.05, 3.63) is 58.6 Å². The molecule has 11 heteroatoms. The molecule has 0 spiro atoms. The minimum Gasteiger partial charge on any atom is -0.465 e. The molecule has 0 aromatic heterocycles. The number of carbonyl (C=O) groups excluding carboxylic acids is 2. The Kier molecular flexibility index (Phi) is 11.4. The van der Waals surface area contributed by atoms with E-state index < -0.39 is 11.9 Å². The van der Waals surface area contributed by atoms with Crippen molar-refractivity contribution in [3.8, 4) is 0 Å². The molecule has 0 bridgehead atoms. The molecule has 2 rings (SSSR count). The molecule has 154 valence electrons. The van der Waals surface area contributed by atoms with E-state index in [2.05, 4.69) is 46.5 Å². The summed E-state index contributed by atoms with van der Waals surface area (Å²) >= 11 is 14.3. The Bertz CT molecular complexity index is 859. The van der Waals surface area contributed by atoms with Gasteiger partial charge in [-0.2, -0.15) is 10.2 Å². The zero-order chi connectivity index (χ0) is 21.6. The van der Waals surface area contributed by atoms with Crippen LogP contribution >= 0.6 is 39.1 Å². The van der Waals surface area contributed by atoms with Crippen LogP contribution in [0.5, 0.6) is 0 Å². The van der Waals surface area contributed by atoms with E-state index in [0.717, 1.165) is 17.6 Å². The Morgan fingerprint density at radius 1 is 0.897 bits per heavy atom. The first-order valence-corrected chi connectivity index (χ1v) is 9.36. The smallest absolute Gasteiger partial charge is 0.365 e. The molecule has 0 saturated carbocycles. The van der Waals surface area contributed by atoms with Crippen LogP contribution in [0, 0.1) is 0 Å². The van der Waals surface area contributed by atoms with Gasteiger partial charge in [0.1, 0.15) is 6.21 Å². The summed E-state index contributed by atoms with van der Waals surface area (Å²) in [6.07, 6.45) is 1.05. The lowest BCUT2D eigenvalue weighted by molar-refractivity contribution is -0.133. The molecule has 0 aliphatic carbocycles. The van der Waals surface area contributed by atoms with Crippen LogP contribution in [0.1, 0.15) is 0 Å². The van der Waals surface area contributed by atoms with Gasteiger partial charge in [-0.25, -0.2) is 9.59 Å². The first-order valence-electron chi connectivity index (χ1n) is 7.81. The van der Waals surface area contributed by atoms with Crippen molar-refractivity contribution in [1.82, 2.24) is 0 Å². The predicted molar refractivity (Wildman–Crippen MR) is 119 cm³/mol. The number of carbonyl (C=O) groups is 2. The van der Waals surface area contributed by atoms with E-state index in [0.29, 0.717) is 10.0 Å². The second kappa shape index (κ2) is 13.5. The number of anilines is 2. The molecule has 2 aromatic carbocycles. The molecule has 0 saturated heterocycles. The molecule has 0 unspecified atom stereocenters. The van der Waals surface area contributed by atoms with Crippen LogP contribution in [-0.2, 0) is 19.1 Å². The first kappa shape index (κ1) is 24.4. The maximum atomic E-state index is 10.9. The largest absolute Gasteiger partial charge is 0.465 e. The van der Waals surface area contributed by atoms with Gasteiger partial charge in [-0.3, -0.25) is 10.9 Å². The minimum atomic E-state index is -0.545. The van der Waals surface area contributed by atoms with Crippen molar-refractivity contribution in [2.24, 2.45) is 10.2 Å². The normalized spacial score (nSPS) is 10.6. The molecular weight excluding hydrogens is 487 g/mol. The van der Waals surface area contributed by atoms with Crippen LogP contribution in [0.25, 0.3) is 0 Å². The molecule has 0 fully saturated rings. The van der Waals surface area contributed by atoms with Crippen LogP contribution in [0.3, 0.4) is 0 Å². The van der Waals surface area contributed by atoms with Gasteiger partial charge < -0.3 is 9.47 Å². The number of ether oxygens (including phenoxy) is 2. The van der Waals surface area contributed by atoms with Crippen molar-refractivity contribution >= 4 is 73.3 Å². The highest BCUT2D eigenvalue weighted by molar-refractivity contribution is 9.19. The standard InChI is InChI=1S/C9H8BrClN2O2.C9H9ClN2O2/c1-15-9(14)8(10)13-12-7-4-2-6(11)3-5-7;1-14-9(13)6-11-12-8-4-2-7(10)3-5-8/h2-5,12H,1H3;2-6,12H,1H3/b13-8-;11-6+. The Hall–Kier alpha value is -2.62. The third-order valence-corrected chi connectivity index (χ3v) is 3.90. The number of nitrogens with zero attached hydrogens (tertiary/aromatic N) is 2. The number of esters is 2. The highest BCUT2D eigenvalue weighted by Crippen LogP contribution is 2.14. The van der Waals surface area contributed by atoms with E-state index in [9.17, 15) is 9.59 Å². The summed E-state index contributed by atoms with van der Waals surface area (Å²) in [6, 6.07) is 13.8. The van der Waals surface area contributed by atoms with Crippen molar-refractivity contribution in [3.63, 3.8) is 0 Å². The third kappa shape index (κ3) is 10.5. The highest BCUT2D eigenvalue weighted by atomic mass is 79.9. The van der Waals surface area contributed by atoms with Gasteiger partial charge in [-0.05, 0) is 64.5 Å². The van der Waals surface area contributed by atoms with Crippen LogP contribution in [0.15, 0.2) is 58.7 Å². The lowest BCUT2D eigenvalue weighted by atomic mass is 10.3. The van der Waals surface area contributed by atoms with Gasteiger partial charge >= 0.3 is 11.9 Å². The van der Waals surface area contributed by atoms with Gasteiger partial charge in [0.2, 0.25) is 4.62 Å². The molecule has 0 aliphatic heterocycles. The van der Waals surface area contributed by atoms with Gasteiger partial charge in [0.05, 0.1) is 25.6 Å². The van der Waals surface area contributed by atoms with Crippen LogP contribution in [-0.4, -0.2) is 37.0 Å². The zero-order valence-electron chi connectivity index (χ0n) is 15.4. The first-order chi connectivity index (χ1) is 13.8. The molecule has 0 atom stereocenters. The van der Waals surface area contributed by atoms with Gasteiger partial charge in [-0.1, -0.05) is 23.2 Å². The Morgan fingerprint density at radius 3 is 1.83 bits per heavy atom. The summed E-state index contributed by atoms with van der Waals surface area (Å²) in [5.41, 5.74) is 6.78. The molecule has 0 amide bonds. The van der Waals surface area contributed by atoms with Gasteiger partial charge in [-0.15, -0.1) is 0 Å². The Morgan fingerprint density at radius 2 is 1.38 bits per heavy atom.